The van der Waals surface area contributed by atoms with E-state index in [9.17, 15) is 39.0 Å². The summed E-state index contributed by atoms with van der Waals surface area (Å²) in [6.45, 7) is 7.44. The Kier molecular flexibility index (Phi) is 12.7. The maximum Gasteiger partial charge on any atom is 0.405 e. The molecule has 3 aromatic carbocycles. The van der Waals surface area contributed by atoms with Gasteiger partial charge in [0.05, 0.1) is 12.1 Å². The summed E-state index contributed by atoms with van der Waals surface area (Å²) < 4.78 is 0. The lowest BCUT2D eigenvalue weighted by Crippen LogP contribution is -2.59. The number of anilines is 1. The summed E-state index contributed by atoms with van der Waals surface area (Å²) in [5.41, 5.74) is 13.2. The molecule has 0 aromatic heterocycles. The third-order valence-electron chi connectivity index (χ3n) is 12.6. The number of hydrogen-bond acceptors (Lipinski definition) is 7. The predicted octanol–water partition coefficient (Wildman–Crippen LogP) is 5.61. The summed E-state index contributed by atoms with van der Waals surface area (Å²) in [4.78, 5) is 82.9. The number of nitrogens with zero attached hydrogens (tertiary/aromatic N) is 3. The van der Waals surface area contributed by atoms with Crippen LogP contribution < -0.4 is 27.0 Å². The fraction of sp³-hybridized carbons (Fsp3) is 0.455. The zero-order chi connectivity index (χ0) is 43.7. The molecule has 0 unspecified atom stereocenters. The number of rotatable bonds is 13. The fourth-order valence-corrected chi connectivity index (χ4v) is 9.79. The quantitative estimate of drug-likeness (QED) is 0.125. The summed E-state index contributed by atoms with van der Waals surface area (Å²) in [5.74, 6) is -3.13. The first-order valence-corrected chi connectivity index (χ1v) is 20.8. The van der Waals surface area contributed by atoms with Gasteiger partial charge in [-0.25, -0.2) is 9.59 Å². The average molecular weight is 844 g/mol. The van der Waals surface area contributed by atoms with Gasteiger partial charge in [-0.2, -0.15) is 0 Å². The van der Waals surface area contributed by atoms with E-state index < -0.39 is 59.0 Å². The molecule has 3 aliphatic heterocycles. The lowest BCUT2D eigenvalue weighted by Gasteiger charge is -2.39. The van der Waals surface area contributed by atoms with Gasteiger partial charge in [0.15, 0.2) is 0 Å². The molecule has 0 spiro atoms. The van der Waals surface area contributed by atoms with Crippen molar-refractivity contribution in [2.75, 3.05) is 18.0 Å². The smallest absolute Gasteiger partial charge is 0.405 e. The number of carboxylic acid groups (broad SMARTS) is 2. The van der Waals surface area contributed by atoms with Gasteiger partial charge in [0.2, 0.25) is 23.6 Å². The summed E-state index contributed by atoms with van der Waals surface area (Å²) >= 11 is 6.34. The fourth-order valence-electron chi connectivity index (χ4n) is 9.66. The van der Waals surface area contributed by atoms with Crippen LogP contribution in [0, 0.1) is 11.8 Å². The third kappa shape index (κ3) is 7.94. The Bertz CT molecular complexity index is 1990. The van der Waals surface area contributed by atoms with Gasteiger partial charge in [-0.15, -0.1) is 0 Å². The molecule has 6 rings (SSSR count). The predicted molar refractivity (Wildman–Crippen MR) is 225 cm³/mol. The van der Waals surface area contributed by atoms with E-state index in [4.69, 9.17) is 23.1 Å². The molecule has 3 heterocycles. The van der Waals surface area contributed by atoms with Crippen LogP contribution in [0.15, 0.2) is 72.8 Å². The van der Waals surface area contributed by atoms with Crippen LogP contribution in [0.5, 0.6) is 0 Å². The number of primary amides is 2. The molecule has 3 saturated heterocycles. The van der Waals surface area contributed by atoms with Crippen LogP contribution in [-0.4, -0.2) is 81.0 Å². The largest absolute Gasteiger partial charge is 0.465 e. The summed E-state index contributed by atoms with van der Waals surface area (Å²) in [6.07, 6.45) is 0.443. The molecule has 320 valence electrons. The lowest BCUT2D eigenvalue weighted by molar-refractivity contribution is -0.146. The first-order chi connectivity index (χ1) is 28.4. The van der Waals surface area contributed by atoms with Crippen LogP contribution >= 0.6 is 11.6 Å². The van der Waals surface area contributed by atoms with E-state index in [-0.39, 0.29) is 37.0 Å². The maximum atomic E-state index is 13.9. The third-order valence-corrected chi connectivity index (χ3v) is 12.8. The molecule has 3 aliphatic rings. The van der Waals surface area contributed by atoms with Crippen molar-refractivity contribution in [3.63, 3.8) is 0 Å². The molecule has 8 N–H and O–H groups in total. The van der Waals surface area contributed by atoms with Gasteiger partial charge >= 0.3 is 12.2 Å². The van der Waals surface area contributed by atoms with Crippen molar-refractivity contribution >= 4 is 53.1 Å². The number of carbonyl (C=O) groups excluding carboxylic acids is 4. The van der Waals surface area contributed by atoms with E-state index in [1.54, 1.807) is 27.7 Å². The molecule has 6 atom stereocenters. The first kappa shape index (κ1) is 43.7. The number of halogens is 1. The Hall–Kier alpha value is -5.83. The monoisotopic (exact) mass is 843 g/mol. The molecule has 15 nitrogen and oxygen atoms in total. The van der Waals surface area contributed by atoms with Crippen LogP contribution in [0.3, 0.4) is 0 Å². The van der Waals surface area contributed by atoms with Crippen LogP contribution in [0.25, 0.3) is 0 Å². The lowest BCUT2D eigenvalue weighted by atomic mass is 9.84. The topological polar surface area (TPSA) is 229 Å². The number of nitrogens with one attached hydrogen (secondary N) is 2. The van der Waals surface area contributed by atoms with Crippen molar-refractivity contribution in [1.29, 1.82) is 0 Å². The van der Waals surface area contributed by atoms with E-state index in [1.165, 1.54) is 9.80 Å². The standard InChI is InChI=1S/C44H54ClN7O8/c1-25(2)35(48-41(57)58)37(53)50-23-5-21-43(50,39(46)55)29-11-7-27(8-12-29)33-19-20-34(52(33)32-17-15-31(45)16-18-32)28-9-13-30(14-10-28)44(40(47)56)22-6-24-51(44)38(54)36(26(3)4)49-42(59)60/h7-18,25-26,33-36,48-49H,5-6,19-24H2,1-4H3,(H2,46,55)(H2,47,56)(H,57,58)(H,59,60)/t33-,34-,35+,36+,43+,44+/m1/s1. The zero-order valence-electron chi connectivity index (χ0n) is 34.3. The molecule has 6 amide bonds. The Morgan fingerprint density at radius 3 is 1.32 bits per heavy atom. The van der Waals surface area contributed by atoms with E-state index in [2.05, 4.69) is 15.5 Å². The summed E-state index contributed by atoms with van der Waals surface area (Å²) in [7, 11) is 0. The van der Waals surface area contributed by atoms with E-state index in [0.29, 0.717) is 41.8 Å². The van der Waals surface area contributed by atoms with Crippen molar-refractivity contribution in [2.45, 2.75) is 101 Å². The van der Waals surface area contributed by atoms with Crippen molar-refractivity contribution in [1.82, 2.24) is 20.4 Å². The van der Waals surface area contributed by atoms with Gasteiger partial charge < -0.3 is 47.0 Å². The highest BCUT2D eigenvalue weighted by Gasteiger charge is 2.53. The Morgan fingerprint density at radius 2 is 1.00 bits per heavy atom. The Labute approximate surface area is 354 Å². The second kappa shape index (κ2) is 17.4. The van der Waals surface area contributed by atoms with Gasteiger partial charge in [-0.3, -0.25) is 19.2 Å². The van der Waals surface area contributed by atoms with E-state index in [1.807, 2.05) is 72.8 Å². The van der Waals surface area contributed by atoms with Crippen LogP contribution in [0.4, 0.5) is 15.3 Å². The molecule has 3 fully saturated rings. The van der Waals surface area contributed by atoms with Crippen LogP contribution in [-0.2, 0) is 30.3 Å². The summed E-state index contributed by atoms with van der Waals surface area (Å²) in [5, 5.41) is 24.1. The van der Waals surface area contributed by atoms with Crippen LogP contribution in [0.1, 0.15) is 101 Å². The molecular formula is C44H54ClN7O8. The second-order valence-corrected chi connectivity index (χ2v) is 17.2. The highest BCUT2D eigenvalue weighted by Crippen LogP contribution is 2.49. The van der Waals surface area contributed by atoms with E-state index >= 15 is 0 Å². The molecule has 16 heteroatoms. The minimum Gasteiger partial charge on any atom is -0.465 e. The molecule has 0 aliphatic carbocycles. The molecular weight excluding hydrogens is 790 g/mol. The first-order valence-electron chi connectivity index (χ1n) is 20.4. The van der Waals surface area contributed by atoms with Gasteiger partial charge in [0.25, 0.3) is 0 Å². The highest BCUT2D eigenvalue weighted by atomic mass is 35.5. The van der Waals surface area contributed by atoms with Gasteiger partial charge in [0.1, 0.15) is 23.2 Å². The average Bonchev–Trinajstić information content (AvgIpc) is 3.97. The minimum absolute atomic E-state index is 0.129. The second-order valence-electron chi connectivity index (χ2n) is 16.7. The van der Waals surface area contributed by atoms with Gasteiger partial charge in [-0.1, -0.05) is 87.8 Å². The number of carbonyl (C=O) groups is 6. The molecule has 0 saturated carbocycles. The Balaban J connectivity index is 1.32. The van der Waals surface area contributed by atoms with Crippen LogP contribution in [0.2, 0.25) is 5.02 Å². The molecule has 0 bridgehead atoms. The molecule has 60 heavy (non-hydrogen) atoms. The number of hydrogen-bond donors (Lipinski definition) is 6. The Morgan fingerprint density at radius 1 is 0.633 bits per heavy atom. The maximum absolute atomic E-state index is 13.9. The number of benzene rings is 3. The summed E-state index contributed by atoms with van der Waals surface area (Å²) in [6, 6.07) is 20.3. The van der Waals surface area contributed by atoms with Crippen molar-refractivity contribution < 1.29 is 39.0 Å². The van der Waals surface area contributed by atoms with Crippen molar-refractivity contribution in [3.8, 4) is 0 Å². The number of likely N-dealkylation sites (tertiary alicyclic amines) is 2. The highest BCUT2D eigenvalue weighted by molar-refractivity contribution is 6.30. The van der Waals surface area contributed by atoms with Gasteiger partial charge in [0, 0.05) is 23.8 Å². The van der Waals surface area contributed by atoms with Crippen molar-refractivity contribution in [3.05, 3.63) is 100 Å². The number of amides is 6. The molecule has 0 radical (unpaired) electrons. The molecule has 3 aromatic rings. The normalized spacial score (nSPS) is 23.8. The zero-order valence-corrected chi connectivity index (χ0v) is 35.0. The number of nitrogens with two attached hydrogens (primary N) is 2. The van der Waals surface area contributed by atoms with Crippen molar-refractivity contribution in [2.24, 2.45) is 23.3 Å². The van der Waals surface area contributed by atoms with Gasteiger partial charge in [-0.05, 0) is 96.9 Å². The minimum atomic E-state index is -1.46. The van der Waals surface area contributed by atoms with E-state index in [0.717, 1.165) is 29.7 Å². The SMILES string of the molecule is CC(C)[C@H](NC(=O)O)C(=O)N1CCC[C@@]1(C(N)=O)c1ccc([C@H]2CC[C@H](c3ccc([C@]4(C(N)=O)CCCN4C(=O)[C@@H](NC(=O)O)C(C)C)cc3)N2c2ccc(Cl)cc2)cc1.